The van der Waals surface area contributed by atoms with Gasteiger partial charge in [-0.25, -0.2) is 27.2 Å². The Balaban J connectivity index is 2.23. The van der Waals surface area contributed by atoms with E-state index in [-0.39, 0.29) is 22.9 Å². The second-order valence-electron chi connectivity index (χ2n) is 6.21. The minimum atomic E-state index is -3.86. The number of sulfonamides is 1. The monoisotopic (exact) mass is 424 g/mol. The number of hydrogen-bond donors (Lipinski definition) is 2. The fraction of sp³-hybridized carbons (Fsp3) is 0.294. The van der Waals surface area contributed by atoms with Crippen molar-refractivity contribution in [1.82, 2.24) is 19.5 Å². The molecule has 0 unspecified atom stereocenters. The van der Waals surface area contributed by atoms with E-state index in [4.69, 9.17) is 0 Å². The summed E-state index contributed by atoms with van der Waals surface area (Å²) in [4.78, 5) is 24.5. The molecule has 12 heteroatoms. The fourth-order valence-electron chi connectivity index (χ4n) is 2.80. The molecule has 0 amide bonds. The zero-order valence-electron chi connectivity index (χ0n) is 15.8. The van der Waals surface area contributed by atoms with Crippen molar-refractivity contribution in [3.63, 3.8) is 0 Å². The van der Waals surface area contributed by atoms with Gasteiger partial charge in [-0.2, -0.15) is 4.98 Å². The Morgan fingerprint density at radius 1 is 1.21 bits per heavy atom. The maximum Gasteiger partial charge on any atom is 0.260 e. The van der Waals surface area contributed by atoms with Crippen LogP contribution in [0.2, 0.25) is 0 Å². The summed E-state index contributed by atoms with van der Waals surface area (Å²) >= 11 is 0. The molecule has 3 heterocycles. The zero-order valence-corrected chi connectivity index (χ0v) is 16.6. The number of fused-ring (bicyclic) bond motifs is 1. The lowest BCUT2D eigenvalue weighted by molar-refractivity contribution is 0.579. The number of aryl methyl sites for hydroxylation is 1. The first-order valence-electron chi connectivity index (χ1n) is 8.58. The SMILES string of the molecule is CCCS(=O)(=O)Nc1ncc(F)c(-c2cc3cnc(NC)nc3n(C)c2=O)c1F. The first-order valence-corrected chi connectivity index (χ1v) is 10.2. The van der Waals surface area contributed by atoms with Gasteiger partial charge in [0, 0.05) is 25.7 Å². The number of anilines is 2. The summed E-state index contributed by atoms with van der Waals surface area (Å²) in [6, 6.07) is 1.25. The second-order valence-corrected chi connectivity index (χ2v) is 8.05. The predicted octanol–water partition coefficient (Wildman–Crippen LogP) is 1.86. The number of aromatic nitrogens is 4. The van der Waals surface area contributed by atoms with Gasteiger partial charge in [-0.1, -0.05) is 6.92 Å². The molecule has 154 valence electrons. The lowest BCUT2D eigenvalue weighted by Gasteiger charge is -2.13. The van der Waals surface area contributed by atoms with Crippen molar-refractivity contribution in [2.75, 3.05) is 22.8 Å². The van der Waals surface area contributed by atoms with Crippen LogP contribution in [0.3, 0.4) is 0 Å². The van der Waals surface area contributed by atoms with Crippen LogP contribution in [-0.4, -0.2) is 40.7 Å². The summed E-state index contributed by atoms with van der Waals surface area (Å²) in [5.74, 6) is -3.06. The van der Waals surface area contributed by atoms with Gasteiger partial charge >= 0.3 is 0 Å². The van der Waals surface area contributed by atoms with Crippen molar-refractivity contribution in [2.45, 2.75) is 13.3 Å². The van der Waals surface area contributed by atoms with Crippen LogP contribution in [0, 0.1) is 11.6 Å². The van der Waals surface area contributed by atoms with Gasteiger partial charge in [0.05, 0.1) is 23.1 Å². The molecule has 0 aliphatic carbocycles. The van der Waals surface area contributed by atoms with E-state index in [0.717, 1.165) is 4.57 Å². The Labute approximate surface area is 164 Å². The Morgan fingerprint density at radius 2 is 1.93 bits per heavy atom. The highest BCUT2D eigenvalue weighted by Gasteiger charge is 2.23. The van der Waals surface area contributed by atoms with E-state index >= 15 is 4.39 Å². The van der Waals surface area contributed by atoms with Crippen LogP contribution in [0.1, 0.15) is 13.3 Å². The summed E-state index contributed by atoms with van der Waals surface area (Å²) in [6.07, 6.45) is 2.36. The lowest BCUT2D eigenvalue weighted by Crippen LogP contribution is -2.22. The average Bonchev–Trinajstić information content (AvgIpc) is 2.67. The van der Waals surface area contributed by atoms with E-state index in [9.17, 15) is 17.6 Å². The molecular formula is C17H18F2N6O3S. The molecule has 0 aromatic carbocycles. The van der Waals surface area contributed by atoms with E-state index in [1.54, 1.807) is 14.0 Å². The standard InChI is InChI=1S/C17H18F2N6O3S/c1-4-5-29(27,28)24-14-13(19)12(11(18)8-21-14)10-6-9-7-22-17(20-2)23-15(9)25(3)16(10)26/h6-8H,4-5H2,1-3H3,(H,21,24)(H,20,22,23). The molecule has 2 N–H and O–H groups in total. The molecule has 3 rings (SSSR count). The lowest BCUT2D eigenvalue weighted by atomic mass is 10.1. The van der Waals surface area contributed by atoms with Gasteiger partial charge in [0.15, 0.2) is 17.5 Å². The third-order valence-electron chi connectivity index (χ3n) is 4.14. The maximum absolute atomic E-state index is 15.0. The van der Waals surface area contributed by atoms with Crippen molar-refractivity contribution in [3.8, 4) is 11.1 Å². The van der Waals surface area contributed by atoms with Gasteiger partial charge in [0.2, 0.25) is 16.0 Å². The maximum atomic E-state index is 15.0. The van der Waals surface area contributed by atoms with Crippen LogP contribution in [0.15, 0.2) is 23.3 Å². The smallest absolute Gasteiger partial charge is 0.260 e. The molecular weight excluding hydrogens is 406 g/mol. The molecule has 9 nitrogen and oxygen atoms in total. The van der Waals surface area contributed by atoms with Crippen LogP contribution in [-0.2, 0) is 17.1 Å². The normalized spacial score (nSPS) is 11.6. The van der Waals surface area contributed by atoms with E-state index in [0.29, 0.717) is 18.0 Å². The molecule has 0 aliphatic heterocycles. The van der Waals surface area contributed by atoms with Crippen LogP contribution >= 0.6 is 0 Å². The first-order chi connectivity index (χ1) is 13.7. The second kappa shape index (κ2) is 7.70. The molecule has 3 aromatic heterocycles. The molecule has 0 saturated heterocycles. The van der Waals surface area contributed by atoms with Gasteiger partial charge in [-0.05, 0) is 12.5 Å². The van der Waals surface area contributed by atoms with Crippen LogP contribution < -0.4 is 15.6 Å². The van der Waals surface area contributed by atoms with E-state index in [1.165, 1.54) is 19.3 Å². The predicted molar refractivity (Wildman–Crippen MR) is 105 cm³/mol. The highest BCUT2D eigenvalue weighted by atomic mass is 32.2. The van der Waals surface area contributed by atoms with Crippen LogP contribution in [0.4, 0.5) is 20.5 Å². The Bertz CT molecular complexity index is 1260. The highest BCUT2D eigenvalue weighted by Crippen LogP contribution is 2.29. The Hall–Kier alpha value is -3.15. The molecule has 0 aliphatic rings. The van der Waals surface area contributed by atoms with Crippen molar-refractivity contribution in [2.24, 2.45) is 7.05 Å². The van der Waals surface area contributed by atoms with Gasteiger partial charge in [-0.15, -0.1) is 0 Å². The van der Waals surface area contributed by atoms with Gasteiger partial charge in [0.25, 0.3) is 5.56 Å². The number of nitrogens with one attached hydrogen (secondary N) is 2. The molecule has 0 radical (unpaired) electrons. The van der Waals surface area contributed by atoms with Gasteiger partial charge in [-0.3, -0.25) is 14.1 Å². The molecule has 0 atom stereocenters. The summed E-state index contributed by atoms with van der Waals surface area (Å²) < 4.78 is 56.5. The Morgan fingerprint density at radius 3 is 2.59 bits per heavy atom. The van der Waals surface area contributed by atoms with Crippen molar-refractivity contribution >= 4 is 32.8 Å². The highest BCUT2D eigenvalue weighted by molar-refractivity contribution is 7.92. The summed E-state index contributed by atoms with van der Waals surface area (Å²) in [5, 5.41) is 3.10. The minimum Gasteiger partial charge on any atom is -0.357 e. The van der Waals surface area contributed by atoms with E-state index < -0.39 is 38.6 Å². The third kappa shape index (κ3) is 3.88. The van der Waals surface area contributed by atoms with Crippen molar-refractivity contribution < 1.29 is 17.2 Å². The topological polar surface area (TPSA) is 119 Å². The molecule has 0 bridgehead atoms. The average molecular weight is 424 g/mol. The summed E-state index contributed by atoms with van der Waals surface area (Å²) in [5.41, 5.74) is -1.45. The summed E-state index contributed by atoms with van der Waals surface area (Å²) in [6.45, 7) is 1.64. The van der Waals surface area contributed by atoms with Gasteiger partial charge < -0.3 is 5.32 Å². The Kier molecular flexibility index (Phi) is 5.46. The molecule has 0 spiro atoms. The van der Waals surface area contributed by atoms with Crippen molar-refractivity contribution in [1.29, 1.82) is 0 Å². The van der Waals surface area contributed by atoms with E-state index in [1.807, 2.05) is 4.72 Å². The molecule has 0 saturated carbocycles. The largest absolute Gasteiger partial charge is 0.357 e. The quantitative estimate of drug-likeness (QED) is 0.620. The van der Waals surface area contributed by atoms with Gasteiger partial charge in [0.1, 0.15) is 5.65 Å². The number of nitrogens with zero attached hydrogens (tertiary/aromatic N) is 4. The number of rotatable bonds is 6. The fourth-order valence-corrected chi connectivity index (χ4v) is 3.87. The van der Waals surface area contributed by atoms with E-state index in [2.05, 4.69) is 20.3 Å². The number of hydrogen-bond acceptors (Lipinski definition) is 7. The summed E-state index contributed by atoms with van der Waals surface area (Å²) in [7, 11) is -0.852. The minimum absolute atomic E-state index is 0.260. The molecule has 3 aromatic rings. The molecule has 0 fully saturated rings. The zero-order chi connectivity index (χ0) is 21.3. The van der Waals surface area contributed by atoms with Crippen molar-refractivity contribution in [3.05, 3.63) is 40.4 Å². The van der Waals surface area contributed by atoms with Crippen LogP contribution in [0.5, 0.6) is 0 Å². The number of halogens is 2. The third-order valence-corrected chi connectivity index (χ3v) is 5.59. The molecule has 29 heavy (non-hydrogen) atoms. The first kappa shape index (κ1) is 20.6. The van der Waals surface area contributed by atoms with Crippen LogP contribution in [0.25, 0.3) is 22.2 Å². The number of pyridine rings is 2.